The molecule has 0 rings (SSSR count). The SMILES string of the molecule is [B]N(CCC)CCCCCC. The van der Waals surface area contributed by atoms with Crippen LogP contribution in [0.1, 0.15) is 46.0 Å². The van der Waals surface area contributed by atoms with Gasteiger partial charge in [-0.15, -0.1) is 0 Å². The average molecular weight is 153 g/mol. The molecule has 0 unspecified atom stereocenters. The Kier molecular flexibility index (Phi) is 8.14. The van der Waals surface area contributed by atoms with Gasteiger partial charge >= 0.3 is 0 Å². The van der Waals surface area contributed by atoms with Gasteiger partial charge in [-0.1, -0.05) is 33.1 Å². The van der Waals surface area contributed by atoms with Gasteiger partial charge in [0, 0.05) is 0 Å². The molecular formula is C9H20BN. The van der Waals surface area contributed by atoms with Gasteiger partial charge in [0.25, 0.3) is 0 Å². The second-order valence-corrected chi connectivity index (χ2v) is 3.10. The van der Waals surface area contributed by atoms with Crippen molar-refractivity contribution in [2.24, 2.45) is 0 Å². The van der Waals surface area contributed by atoms with Crippen LogP contribution < -0.4 is 0 Å². The van der Waals surface area contributed by atoms with Gasteiger partial charge in [-0.2, -0.15) is 0 Å². The molecule has 0 saturated heterocycles. The molecule has 0 aromatic carbocycles. The summed E-state index contributed by atoms with van der Waals surface area (Å²) in [6.45, 7) is 6.48. The number of hydrogen-bond donors (Lipinski definition) is 0. The zero-order valence-corrected chi connectivity index (χ0v) is 7.97. The standard InChI is InChI=1S/C9H20BN/c1-3-5-6-7-9-11(10)8-4-2/h3-9H2,1-2H3. The molecule has 0 aromatic rings. The van der Waals surface area contributed by atoms with Crippen molar-refractivity contribution in [3.8, 4) is 0 Å². The molecule has 0 aromatic heterocycles. The van der Waals surface area contributed by atoms with Crippen LogP contribution in [0.15, 0.2) is 0 Å². The number of unbranched alkanes of at least 4 members (excludes halogenated alkanes) is 3. The van der Waals surface area contributed by atoms with E-state index in [-0.39, 0.29) is 0 Å². The van der Waals surface area contributed by atoms with Crippen LogP contribution in [0.4, 0.5) is 0 Å². The Labute approximate surface area is 72.6 Å². The highest BCUT2D eigenvalue weighted by Crippen LogP contribution is 1.99. The number of nitrogens with zero attached hydrogens (tertiary/aromatic N) is 1. The van der Waals surface area contributed by atoms with Crippen molar-refractivity contribution in [1.29, 1.82) is 0 Å². The molecule has 0 saturated carbocycles. The summed E-state index contributed by atoms with van der Waals surface area (Å²) < 4.78 is 0. The largest absolute Gasteiger partial charge is 0.353 e. The summed E-state index contributed by atoms with van der Waals surface area (Å²) in [4.78, 5) is 1.93. The lowest BCUT2D eigenvalue weighted by molar-refractivity contribution is 0.430. The van der Waals surface area contributed by atoms with E-state index >= 15 is 0 Å². The molecule has 64 valence electrons. The highest BCUT2D eigenvalue weighted by molar-refractivity contribution is 6.04. The third-order valence-electron chi connectivity index (χ3n) is 1.81. The first-order chi connectivity index (χ1) is 5.31. The second kappa shape index (κ2) is 8.12. The molecule has 2 heteroatoms. The Bertz CT molecular complexity index is 76.0. The molecule has 11 heavy (non-hydrogen) atoms. The van der Waals surface area contributed by atoms with Crippen LogP contribution in [0.2, 0.25) is 0 Å². The lowest BCUT2D eigenvalue weighted by Crippen LogP contribution is -2.22. The fourth-order valence-corrected chi connectivity index (χ4v) is 1.14. The average Bonchev–Trinajstić information content (AvgIpc) is 1.99. The van der Waals surface area contributed by atoms with E-state index in [9.17, 15) is 0 Å². The zero-order valence-electron chi connectivity index (χ0n) is 7.97. The van der Waals surface area contributed by atoms with Crippen molar-refractivity contribution in [2.45, 2.75) is 46.0 Å². The van der Waals surface area contributed by atoms with Crippen LogP contribution in [-0.4, -0.2) is 25.9 Å². The molecule has 0 bridgehead atoms. The first kappa shape index (κ1) is 11.0. The topological polar surface area (TPSA) is 3.24 Å². The van der Waals surface area contributed by atoms with Crippen LogP contribution >= 0.6 is 0 Å². The molecule has 0 spiro atoms. The molecule has 0 N–H and O–H groups in total. The summed E-state index contributed by atoms with van der Waals surface area (Å²) in [5, 5.41) is 0. The predicted molar refractivity (Wildman–Crippen MR) is 51.8 cm³/mol. The summed E-state index contributed by atoms with van der Waals surface area (Å²) in [6.07, 6.45) is 6.39. The quantitative estimate of drug-likeness (QED) is 0.401. The van der Waals surface area contributed by atoms with Gasteiger partial charge in [0.1, 0.15) is 0 Å². The van der Waals surface area contributed by atoms with E-state index in [2.05, 4.69) is 13.8 Å². The van der Waals surface area contributed by atoms with Gasteiger partial charge in [0.05, 0.1) is 0 Å². The molecule has 2 radical (unpaired) electrons. The van der Waals surface area contributed by atoms with Crippen LogP contribution in [0.3, 0.4) is 0 Å². The number of rotatable bonds is 7. The fourth-order valence-electron chi connectivity index (χ4n) is 1.14. The van der Waals surface area contributed by atoms with E-state index in [1.807, 2.05) is 4.81 Å². The highest BCUT2D eigenvalue weighted by Gasteiger charge is 1.94. The Morgan fingerprint density at radius 1 is 0.909 bits per heavy atom. The van der Waals surface area contributed by atoms with E-state index in [1.165, 1.54) is 25.7 Å². The van der Waals surface area contributed by atoms with Gasteiger partial charge in [-0.3, -0.25) is 0 Å². The molecular weight excluding hydrogens is 133 g/mol. The minimum absolute atomic E-state index is 1.03. The van der Waals surface area contributed by atoms with Crippen molar-refractivity contribution in [1.82, 2.24) is 4.81 Å². The molecule has 0 fully saturated rings. The maximum Gasteiger partial charge on any atom is 0.182 e. The number of hydrogen-bond acceptors (Lipinski definition) is 1. The van der Waals surface area contributed by atoms with Crippen LogP contribution in [0.5, 0.6) is 0 Å². The minimum atomic E-state index is 1.03. The zero-order chi connectivity index (χ0) is 8.53. The second-order valence-electron chi connectivity index (χ2n) is 3.10. The summed E-state index contributed by atoms with van der Waals surface area (Å²) >= 11 is 0. The molecule has 0 aliphatic carbocycles. The van der Waals surface area contributed by atoms with E-state index < -0.39 is 0 Å². The maximum atomic E-state index is 5.70. The van der Waals surface area contributed by atoms with Crippen LogP contribution in [0, 0.1) is 0 Å². The summed E-state index contributed by atoms with van der Waals surface area (Å²) in [5.41, 5.74) is 0. The Morgan fingerprint density at radius 3 is 2.18 bits per heavy atom. The molecule has 0 amide bonds. The minimum Gasteiger partial charge on any atom is -0.353 e. The predicted octanol–water partition coefficient (Wildman–Crippen LogP) is 2.36. The highest BCUT2D eigenvalue weighted by atomic mass is 15.0. The lowest BCUT2D eigenvalue weighted by Gasteiger charge is -2.15. The van der Waals surface area contributed by atoms with Crippen molar-refractivity contribution < 1.29 is 0 Å². The Balaban J connectivity index is 2.97. The van der Waals surface area contributed by atoms with E-state index in [4.69, 9.17) is 7.98 Å². The van der Waals surface area contributed by atoms with Gasteiger partial charge < -0.3 is 4.81 Å². The van der Waals surface area contributed by atoms with Crippen molar-refractivity contribution >= 4 is 7.98 Å². The summed E-state index contributed by atoms with van der Waals surface area (Å²) in [5.74, 6) is 0. The van der Waals surface area contributed by atoms with Gasteiger partial charge in [0.15, 0.2) is 7.98 Å². The van der Waals surface area contributed by atoms with Gasteiger partial charge in [-0.25, -0.2) is 0 Å². The summed E-state index contributed by atoms with van der Waals surface area (Å²) in [7, 11) is 5.70. The summed E-state index contributed by atoms with van der Waals surface area (Å²) in [6, 6.07) is 0. The van der Waals surface area contributed by atoms with Crippen LogP contribution in [-0.2, 0) is 0 Å². The third-order valence-corrected chi connectivity index (χ3v) is 1.81. The van der Waals surface area contributed by atoms with Crippen LogP contribution in [0.25, 0.3) is 0 Å². The first-order valence-electron chi connectivity index (χ1n) is 4.80. The Hall–Kier alpha value is 0.0249. The third kappa shape index (κ3) is 7.93. The molecule has 1 nitrogen and oxygen atoms in total. The van der Waals surface area contributed by atoms with E-state index in [0.29, 0.717) is 0 Å². The smallest absolute Gasteiger partial charge is 0.182 e. The van der Waals surface area contributed by atoms with Gasteiger partial charge in [-0.05, 0) is 25.9 Å². The van der Waals surface area contributed by atoms with E-state index in [1.54, 1.807) is 0 Å². The molecule has 0 aliphatic rings. The fraction of sp³-hybridized carbons (Fsp3) is 1.00. The van der Waals surface area contributed by atoms with Crippen molar-refractivity contribution in [3.05, 3.63) is 0 Å². The molecule has 0 aliphatic heterocycles. The molecule has 0 heterocycles. The van der Waals surface area contributed by atoms with E-state index in [0.717, 1.165) is 19.5 Å². The molecule has 0 atom stereocenters. The monoisotopic (exact) mass is 153 g/mol. The maximum absolute atomic E-state index is 5.70. The van der Waals surface area contributed by atoms with Gasteiger partial charge in [0.2, 0.25) is 0 Å². The van der Waals surface area contributed by atoms with Crippen molar-refractivity contribution in [2.75, 3.05) is 13.1 Å². The first-order valence-corrected chi connectivity index (χ1v) is 4.80. The van der Waals surface area contributed by atoms with Crippen molar-refractivity contribution in [3.63, 3.8) is 0 Å². The normalized spacial score (nSPS) is 10.8. The lowest BCUT2D eigenvalue weighted by atomic mass is 10.1. The Morgan fingerprint density at radius 2 is 1.64 bits per heavy atom.